The molecule has 4 heteroatoms. The number of ketones is 1. The summed E-state index contributed by atoms with van der Waals surface area (Å²) in [5.41, 5.74) is 2.09. The highest BCUT2D eigenvalue weighted by atomic mass is 16.6. The second-order valence-corrected chi connectivity index (χ2v) is 4.40. The Hall–Kier alpha value is -1.84. The molecular weight excluding hydrogens is 218 g/mol. The highest BCUT2D eigenvalue weighted by Crippen LogP contribution is 2.18. The molecule has 0 spiro atoms. The quantitative estimate of drug-likeness (QED) is 0.746. The van der Waals surface area contributed by atoms with Crippen molar-refractivity contribution in [3.63, 3.8) is 0 Å². The third-order valence-electron chi connectivity index (χ3n) is 2.69. The maximum absolute atomic E-state index is 11.7. The van der Waals surface area contributed by atoms with E-state index in [2.05, 4.69) is 0 Å². The molecule has 0 radical (unpaired) electrons. The fourth-order valence-electron chi connectivity index (χ4n) is 1.94. The average Bonchev–Trinajstić information content (AvgIpc) is 2.63. The third kappa shape index (κ3) is 2.84. The highest BCUT2D eigenvalue weighted by Gasteiger charge is 2.25. The molecule has 1 heterocycles. The van der Waals surface area contributed by atoms with Gasteiger partial charge in [0.1, 0.15) is 5.75 Å². The number of carbonyl (C=O) groups excluding carboxylic acids is 2. The first-order valence-electron chi connectivity index (χ1n) is 5.61. The molecule has 1 aliphatic rings. The van der Waals surface area contributed by atoms with Crippen LogP contribution in [0, 0.1) is 13.8 Å². The summed E-state index contributed by atoms with van der Waals surface area (Å²) in [5.74, 6) is 0.620. The molecule has 0 unspecified atom stereocenters. The average molecular weight is 233 g/mol. The molecule has 1 fully saturated rings. The van der Waals surface area contributed by atoms with Gasteiger partial charge in [-0.25, -0.2) is 4.79 Å². The van der Waals surface area contributed by atoms with Crippen LogP contribution in [0.5, 0.6) is 5.75 Å². The van der Waals surface area contributed by atoms with Crippen LogP contribution < -0.4 is 4.74 Å². The van der Waals surface area contributed by atoms with Crippen LogP contribution in [-0.4, -0.2) is 29.9 Å². The fourth-order valence-corrected chi connectivity index (χ4v) is 1.94. The zero-order chi connectivity index (χ0) is 12.4. The van der Waals surface area contributed by atoms with Crippen molar-refractivity contribution in [2.45, 2.75) is 20.3 Å². The van der Waals surface area contributed by atoms with E-state index in [0.717, 1.165) is 11.1 Å². The smallest absolute Gasteiger partial charge is 0.410 e. The fraction of sp³-hybridized carbons (Fsp3) is 0.385. The number of amides is 1. The number of ether oxygens (including phenoxy) is 1. The lowest BCUT2D eigenvalue weighted by Crippen LogP contribution is -2.31. The molecule has 0 bridgehead atoms. The van der Waals surface area contributed by atoms with Crippen molar-refractivity contribution in [3.8, 4) is 5.75 Å². The van der Waals surface area contributed by atoms with Gasteiger partial charge in [0.25, 0.3) is 0 Å². The maximum atomic E-state index is 11.7. The number of carbonyl (C=O) groups is 2. The van der Waals surface area contributed by atoms with Crippen molar-refractivity contribution in [2.24, 2.45) is 0 Å². The van der Waals surface area contributed by atoms with Crippen LogP contribution in [0.15, 0.2) is 18.2 Å². The molecule has 0 N–H and O–H groups in total. The van der Waals surface area contributed by atoms with Gasteiger partial charge >= 0.3 is 6.09 Å². The molecule has 0 aliphatic carbocycles. The van der Waals surface area contributed by atoms with Crippen LogP contribution in [0.3, 0.4) is 0 Å². The summed E-state index contributed by atoms with van der Waals surface area (Å²) in [5, 5.41) is 0. The van der Waals surface area contributed by atoms with Gasteiger partial charge in [0.05, 0.1) is 6.54 Å². The van der Waals surface area contributed by atoms with Gasteiger partial charge in [-0.1, -0.05) is 6.07 Å². The largest absolute Gasteiger partial charge is 0.415 e. The summed E-state index contributed by atoms with van der Waals surface area (Å²) in [6.45, 7) is 4.53. The van der Waals surface area contributed by atoms with E-state index in [1.54, 1.807) is 0 Å². The lowest BCUT2D eigenvalue weighted by Gasteiger charge is -2.14. The van der Waals surface area contributed by atoms with Gasteiger partial charge in [-0.3, -0.25) is 4.79 Å². The number of Topliss-reactive ketones (excluding diaryl/α,β-unsaturated/α-hetero) is 1. The Morgan fingerprint density at radius 3 is 2.41 bits per heavy atom. The number of rotatable bonds is 1. The Morgan fingerprint density at radius 2 is 1.88 bits per heavy atom. The van der Waals surface area contributed by atoms with Gasteiger partial charge in [0.2, 0.25) is 0 Å². The van der Waals surface area contributed by atoms with E-state index < -0.39 is 6.09 Å². The molecule has 0 aromatic heterocycles. The van der Waals surface area contributed by atoms with Crippen molar-refractivity contribution >= 4 is 11.9 Å². The van der Waals surface area contributed by atoms with Crippen molar-refractivity contribution in [3.05, 3.63) is 29.3 Å². The van der Waals surface area contributed by atoms with Crippen LogP contribution in [0.2, 0.25) is 0 Å². The Kier molecular flexibility index (Phi) is 3.13. The van der Waals surface area contributed by atoms with E-state index in [1.807, 2.05) is 32.0 Å². The van der Waals surface area contributed by atoms with Gasteiger partial charge in [-0.05, 0) is 37.1 Å². The standard InChI is InChI=1S/C13H15NO3/c1-9-5-10(2)7-12(6-9)17-13(16)14-4-3-11(15)8-14/h5-7H,3-4,8H2,1-2H3. The topological polar surface area (TPSA) is 46.6 Å². The van der Waals surface area contributed by atoms with Gasteiger partial charge in [-0.2, -0.15) is 0 Å². The predicted molar refractivity (Wildman–Crippen MR) is 63.1 cm³/mol. The zero-order valence-electron chi connectivity index (χ0n) is 10.0. The van der Waals surface area contributed by atoms with E-state index >= 15 is 0 Å². The van der Waals surface area contributed by atoms with E-state index in [1.165, 1.54) is 4.90 Å². The SMILES string of the molecule is Cc1cc(C)cc(OC(=O)N2CCC(=O)C2)c1. The van der Waals surface area contributed by atoms with Gasteiger partial charge in [-0.15, -0.1) is 0 Å². The van der Waals surface area contributed by atoms with E-state index in [4.69, 9.17) is 4.74 Å². The minimum atomic E-state index is -0.444. The summed E-state index contributed by atoms with van der Waals surface area (Å²) in [7, 11) is 0. The van der Waals surface area contributed by atoms with E-state index in [-0.39, 0.29) is 12.3 Å². The van der Waals surface area contributed by atoms with Gasteiger partial charge in [0, 0.05) is 13.0 Å². The molecular formula is C13H15NO3. The molecule has 2 rings (SSSR count). The molecule has 1 aromatic rings. The predicted octanol–water partition coefficient (Wildman–Crippen LogP) is 2.08. The summed E-state index contributed by atoms with van der Waals surface area (Å²) in [4.78, 5) is 24.2. The van der Waals surface area contributed by atoms with E-state index in [9.17, 15) is 9.59 Å². The molecule has 1 aliphatic heterocycles. The number of hydrogen-bond acceptors (Lipinski definition) is 3. The Labute approximate surface area is 100 Å². The minimum Gasteiger partial charge on any atom is -0.410 e. The van der Waals surface area contributed by atoms with Crippen LogP contribution in [0.4, 0.5) is 4.79 Å². The van der Waals surface area contributed by atoms with Gasteiger partial charge < -0.3 is 9.64 Å². The summed E-state index contributed by atoms with van der Waals surface area (Å²) < 4.78 is 5.24. The van der Waals surface area contributed by atoms with Crippen molar-refractivity contribution in [2.75, 3.05) is 13.1 Å². The number of likely N-dealkylation sites (tertiary alicyclic amines) is 1. The van der Waals surface area contributed by atoms with Crippen molar-refractivity contribution in [1.29, 1.82) is 0 Å². The first-order chi connectivity index (χ1) is 8.04. The number of aryl methyl sites for hydroxylation is 2. The summed E-state index contributed by atoms with van der Waals surface area (Å²) in [6.07, 6.45) is -0.0112. The van der Waals surface area contributed by atoms with Crippen LogP contribution in [0.1, 0.15) is 17.5 Å². The normalized spacial score (nSPS) is 15.2. The van der Waals surface area contributed by atoms with Crippen molar-refractivity contribution in [1.82, 2.24) is 4.90 Å². The molecule has 17 heavy (non-hydrogen) atoms. The van der Waals surface area contributed by atoms with Crippen LogP contribution in [-0.2, 0) is 4.79 Å². The molecule has 0 atom stereocenters. The summed E-state index contributed by atoms with van der Waals surface area (Å²) in [6, 6.07) is 5.63. The molecule has 0 saturated carbocycles. The molecule has 1 amide bonds. The number of nitrogens with zero attached hydrogens (tertiary/aromatic N) is 1. The molecule has 1 saturated heterocycles. The summed E-state index contributed by atoms with van der Waals surface area (Å²) >= 11 is 0. The Morgan fingerprint density at radius 1 is 1.24 bits per heavy atom. The number of hydrogen-bond donors (Lipinski definition) is 0. The number of benzene rings is 1. The van der Waals surface area contributed by atoms with Crippen LogP contribution in [0.25, 0.3) is 0 Å². The second-order valence-electron chi connectivity index (χ2n) is 4.40. The minimum absolute atomic E-state index is 0.0855. The zero-order valence-corrected chi connectivity index (χ0v) is 10.0. The Bertz CT molecular complexity index is 447. The first kappa shape index (κ1) is 11.6. The lowest BCUT2D eigenvalue weighted by molar-refractivity contribution is -0.116. The lowest BCUT2D eigenvalue weighted by atomic mass is 10.1. The molecule has 4 nitrogen and oxygen atoms in total. The molecule has 1 aromatic carbocycles. The molecule has 90 valence electrons. The van der Waals surface area contributed by atoms with E-state index in [0.29, 0.717) is 18.7 Å². The van der Waals surface area contributed by atoms with Gasteiger partial charge in [0.15, 0.2) is 5.78 Å². The Balaban J connectivity index is 2.05. The monoisotopic (exact) mass is 233 g/mol. The highest BCUT2D eigenvalue weighted by molar-refractivity contribution is 5.87. The third-order valence-corrected chi connectivity index (χ3v) is 2.69. The second kappa shape index (κ2) is 4.57. The maximum Gasteiger partial charge on any atom is 0.415 e. The van der Waals surface area contributed by atoms with Crippen LogP contribution >= 0.6 is 0 Å². The first-order valence-corrected chi connectivity index (χ1v) is 5.61. The van der Waals surface area contributed by atoms with Crippen molar-refractivity contribution < 1.29 is 14.3 Å².